The molecule has 1 aromatic heterocycles. The molecule has 3 aliphatic heterocycles. The van der Waals surface area contributed by atoms with Crippen molar-refractivity contribution >= 4 is 35.1 Å². The molecule has 0 spiro atoms. The molecule has 3 aliphatic rings. The minimum atomic E-state index is -0.846. The number of fused-ring (bicyclic) bond motifs is 1. The Morgan fingerprint density at radius 1 is 1.15 bits per heavy atom. The van der Waals surface area contributed by atoms with Crippen LogP contribution in [0, 0.1) is 5.82 Å². The van der Waals surface area contributed by atoms with Gasteiger partial charge < -0.3 is 35.2 Å². The Morgan fingerprint density at radius 3 is 2.65 bits per heavy atom. The second kappa shape index (κ2) is 13.9. The van der Waals surface area contributed by atoms with Crippen LogP contribution in [-0.2, 0) is 16.1 Å². The summed E-state index contributed by atoms with van der Waals surface area (Å²) in [5.41, 5.74) is 3.58. The van der Waals surface area contributed by atoms with Crippen molar-refractivity contribution in [2.75, 3.05) is 63.3 Å². The highest BCUT2D eigenvalue weighted by Crippen LogP contribution is 2.33. The van der Waals surface area contributed by atoms with Gasteiger partial charge in [-0.3, -0.25) is 9.59 Å². The molecule has 0 bridgehead atoms. The van der Waals surface area contributed by atoms with Gasteiger partial charge in [0, 0.05) is 68.8 Å². The Kier molecular flexibility index (Phi) is 9.69. The fraction of sp³-hybridized carbons (Fsp3) is 0.455. The zero-order valence-electron chi connectivity index (χ0n) is 26.0. The lowest BCUT2D eigenvalue weighted by Crippen LogP contribution is -2.47. The molecule has 13 heteroatoms. The summed E-state index contributed by atoms with van der Waals surface area (Å²) in [5, 5.41) is 16.7. The average molecular weight is 652 g/mol. The number of halogens is 2. The smallest absolute Gasteiger partial charge is 0.255 e. The third-order valence-corrected chi connectivity index (χ3v) is 9.31. The van der Waals surface area contributed by atoms with Crippen LogP contribution in [0.4, 0.5) is 16.0 Å². The molecule has 3 aromatic rings. The molecule has 2 unspecified atom stereocenters. The number of carbonyl (C=O) groups is 2. The van der Waals surface area contributed by atoms with Crippen molar-refractivity contribution in [2.24, 2.45) is 0 Å². The number of nitrogens with zero attached hydrogens (tertiary/aromatic N) is 5. The van der Waals surface area contributed by atoms with Crippen LogP contribution in [0.25, 0.3) is 11.3 Å². The summed E-state index contributed by atoms with van der Waals surface area (Å²) >= 11 is 6.49. The van der Waals surface area contributed by atoms with Crippen LogP contribution in [0.2, 0.25) is 5.02 Å². The number of aliphatic hydroxyl groups excluding tert-OH is 1. The van der Waals surface area contributed by atoms with Gasteiger partial charge in [-0.05, 0) is 62.2 Å². The van der Waals surface area contributed by atoms with E-state index >= 15 is 0 Å². The number of amides is 2. The normalized spacial score (nSPS) is 18.8. The van der Waals surface area contributed by atoms with Crippen molar-refractivity contribution in [1.29, 1.82) is 0 Å². The second-order valence-electron chi connectivity index (χ2n) is 12.2. The van der Waals surface area contributed by atoms with Crippen molar-refractivity contribution in [3.63, 3.8) is 0 Å². The molecule has 2 saturated heterocycles. The minimum Gasteiger partial charge on any atom is -0.394 e. The van der Waals surface area contributed by atoms with E-state index in [2.05, 4.69) is 30.4 Å². The fourth-order valence-electron chi connectivity index (χ4n) is 6.16. The maximum atomic E-state index is 14.7. The quantitative estimate of drug-likeness (QED) is 0.319. The van der Waals surface area contributed by atoms with Crippen molar-refractivity contribution in [2.45, 2.75) is 44.4 Å². The number of benzene rings is 2. The number of nitrogens with one attached hydrogen (secondary N) is 2. The van der Waals surface area contributed by atoms with E-state index in [-0.39, 0.29) is 18.5 Å². The van der Waals surface area contributed by atoms with Gasteiger partial charge in [0.2, 0.25) is 11.9 Å². The van der Waals surface area contributed by atoms with Gasteiger partial charge in [0.25, 0.3) is 5.91 Å². The molecule has 6 rings (SSSR count). The Morgan fingerprint density at radius 2 is 1.91 bits per heavy atom. The molecule has 2 amide bonds. The van der Waals surface area contributed by atoms with Gasteiger partial charge in [-0.25, -0.2) is 14.4 Å². The molecule has 0 saturated carbocycles. The highest BCUT2D eigenvalue weighted by Gasteiger charge is 2.35. The topological polar surface area (TPSA) is 123 Å². The molecule has 2 atom stereocenters. The third kappa shape index (κ3) is 6.95. The van der Waals surface area contributed by atoms with E-state index in [4.69, 9.17) is 16.3 Å². The molecule has 2 aromatic carbocycles. The van der Waals surface area contributed by atoms with Crippen LogP contribution in [-0.4, -0.2) is 102 Å². The number of anilines is 2. The molecule has 4 heterocycles. The molecular weight excluding hydrogens is 613 g/mol. The van der Waals surface area contributed by atoms with Crippen LogP contribution < -0.4 is 15.5 Å². The SMILES string of the molecule is CC(C(=O)NC(CO)c1cc(F)cc(N2CCN(C)CC2)c1)N1Cc2ccc(-c3nc(NC4CCOCC4)ncc3Cl)cc2C1=O. The first-order valence-electron chi connectivity index (χ1n) is 15.7. The molecule has 2 fully saturated rings. The summed E-state index contributed by atoms with van der Waals surface area (Å²) in [6, 6.07) is 8.58. The van der Waals surface area contributed by atoms with E-state index in [0.717, 1.165) is 44.6 Å². The van der Waals surface area contributed by atoms with Gasteiger partial charge in [0.05, 0.1) is 29.6 Å². The van der Waals surface area contributed by atoms with Crippen LogP contribution in [0.3, 0.4) is 0 Å². The highest BCUT2D eigenvalue weighted by molar-refractivity contribution is 6.33. The fourth-order valence-corrected chi connectivity index (χ4v) is 6.36. The predicted octanol–water partition coefficient (Wildman–Crippen LogP) is 3.47. The number of aromatic nitrogens is 2. The van der Waals surface area contributed by atoms with Gasteiger partial charge in [-0.1, -0.05) is 23.7 Å². The number of piperazine rings is 1. The van der Waals surface area contributed by atoms with E-state index in [1.807, 2.05) is 19.2 Å². The first-order valence-corrected chi connectivity index (χ1v) is 16.0. The highest BCUT2D eigenvalue weighted by atomic mass is 35.5. The summed E-state index contributed by atoms with van der Waals surface area (Å²) in [4.78, 5) is 41.8. The lowest BCUT2D eigenvalue weighted by atomic mass is 10.0. The van der Waals surface area contributed by atoms with Crippen LogP contribution in [0.5, 0.6) is 0 Å². The summed E-state index contributed by atoms with van der Waals surface area (Å²) in [6.07, 6.45) is 3.26. The number of rotatable bonds is 9. The predicted molar refractivity (Wildman–Crippen MR) is 173 cm³/mol. The van der Waals surface area contributed by atoms with E-state index in [1.165, 1.54) is 17.0 Å². The van der Waals surface area contributed by atoms with E-state index in [1.54, 1.807) is 25.3 Å². The maximum Gasteiger partial charge on any atom is 0.255 e. The number of carbonyl (C=O) groups excluding carboxylic acids is 2. The molecule has 46 heavy (non-hydrogen) atoms. The van der Waals surface area contributed by atoms with Gasteiger partial charge in [0.15, 0.2) is 0 Å². The van der Waals surface area contributed by atoms with E-state index < -0.39 is 30.4 Å². The number of likely N-dealkylation sites (N-methyl/N-ethyl adjacent to an activating group) is 1. The Labute approximate surface area is 272 Å². The van der Waals surface area contributed by atoms with E-state index in [0.29, 0.717) is 52.3 Å². The maximum absolute atomic E-state index is 14.7. The van der Waals surface area contributed by atoms with Crippen molar-refractivity contribution in [3.05, 3.63) is 70.1 Å². The average Bonchev–Trinajstić information content (AvgIpc) is 3.39. The summed E-state index contributed by atoms with van der Waals surface area (Å²) in [7, 11) is 2.05. The molecule has 0 radical (unpaired) electrons. The second-order valence-corrected chi connectivity index (χ2v) is 12.6. The van der Waals surface area contributed by atoms with Crippen molar-refractivity contribution < 1.29 is 23.8 Å². The van der Waals surface area contributed by atoms with Gasteiger partial charge >= 0.3 is 0 Å². The largest absolute Gasteiger partial charge is 0.394 e. The minimum absolute atomic E-state index is 0.205. The molecular formula is C33H39ClFN7O4. The van der Waals surface area contributed by atoms with Crippen LogP contribution in [0.15, 0.2) is 42.6 Å². The van der Waals surface area contributed by atoms with Gasteiger partial charge in [0.1, 0.15) is 11.9 Å². The first-order chi connectivity index (χ1) is 22.2. The third-order valence-electron chi connectivity index (χ3n) is 9.04. The monoisotopic (exact) mass is 651 g/mol. The number of ether oxygens (including phenoxy) is 1. The summed E-state index contributed by atoms with van der Waals surface area (Å²) in [5.74, 6) is -0.733. The first kappa shape index (κ1) is 32.1. The number of hydrogen-bond donors (Lipinski definition) is 3. The molecule has 0 aliphatic carbocycles. The summed E-state index contributed by atoms with van der Waals surface area (Å²) in [6.45, 7) is 6.05. The van der Waals surface area contributed by atoms with Crippen LogP contribution in [0.1, 0.15) is 47.3 Å². The lowest BCUT2D eigenvalue weighted by Gasteiger charge is -2.34. The Hall–Kier alpha value is -3.84. The standard InChI is InChI=1S/C33H39ClFN7O4/c1-20(31(44)38-29(19-43)23-13-24(35)16-26(14-23)41-9-7-40(2)8-10-41)42-18-22-4-3-21(15-27(22)32(42)45)30-28(34)17-36-33(39-30)37-25-5-11-46-12-6-25/h3-4,13-17,20,25,29,43H,5-12,18-19H2,1-2H3,(H,38,44)(H,36,37,39). The molecule has 11 nitrogen and oxygen atoms in total. The lowest BCUT2D eigenvalue weighted by molar-refractivity contribution is -0.126. The zero-order chi connectivity index (χ0) is 32.4. The molecule has 3 N–H and O–H groups in total. The zero-order valence-corrected chi connectivity index (χ0v) is 26.8. The van der Waals surface area contributed by atoms with Gasteiger partial charge in [-0.15, -0.1) is 0 Å². The van der Waals surface area contributed by atoms with E-state index in [9.17, 15) is 19.1 Å². The Bertz CT molecular complexity index is 1600. The van der Waals surface area contributed by atoms with Crippen LogP contribution >= 0.6 is 11.6 Å². The number of aliphatic hydroxyl groups is 1. The van der Waals surface area contributed by atoms with Crippen molar-refractivity contribution in [1.82, 2.24) is 25.1 Å². The molecule has 244 valence electrons. The number of hydrogen-bond acceptors (Lipinski definition) is 9. The Balaban J connectivity index is 1.14. The summed E-state index contributed by atoms with van der Waals surface area (Å²) < 4.78 is 20.1. The van der Waals surface area contributed by atoms with Crippen molar-refractivity contribution in [3.8, 4) is 11.3 Å². The van der Waals surface area contributed by atoms with Gasteiger partial charge in [-0.2, -0.15) is 0 Å².